The smallest absolute Gasteiger partial charge is 0.217 e. The first kappa shape index (κ1) is 17.0. The predicted molar refractivity (Wildman–Crippen MR) is 86.1 cm³/mol. The number of nitrogens with one attached hydrogen (secondary N) is 1. The van der Waals surface area contributed by atoms with Gasteiger partial charge in [-0.05, 0) is 11.5 Å². The van der Waals surface area contributed by atoms with Crippen molar-refractivity contribution in [2.45, 2.75) is 59.2 Å². The Hall–Kier alpha value is -1.39. The molecule has 4 heteroatoms. The largest absolute Gasteiger partial charge is 0.348 e. The van der Waals surface area contributed by atoms with E-state index in [2.05, 4.69) is 26.1 Å². The minimum atomic E-state index is -0.391. The molecule has 122 valence electrons. The van der Waals surface area contributed by atoms with Crippen LogP contribution >= 0.6 is 0 Å². The topological polar surface area (TPSA) is 47.6 Å². The highest BCUT2D eigenvalue weighted by Gasteiger charge is 2.44. The van der Waals surface area contributed by atoms with Crippen LogP contribution in [0, 0.1) is 11.8 Å². The van der Waals surface area contributed by atoms with Gasteiger partial charge in [0.25, 0.3) is 0 Å². The van der Waals surface area contributed by atoms with Crippen molar-refractivity contribution in [2.24, 2.45) is 11.8 Å². The average molecular weight is 305 g/mol. The number of hydrogen-bond acceptors (Lipinski definition) is 3. The Bertz CT molecular complexity index is 476. The van der Waals surface area contributed by atoms with Crippen LogP contribution in [0.25, 0.3) is 0 Å². The van der Waals surface area contributed by atoms with Gasteiger partial charge in [0.05, 0.1) is 18.8 Å². The molecule has 1 saturated heterocycles. The Morgan fingerprint density at radius 2 is 2.05 bits per heavy atom. The summed E-state index contributed by atoms with van der Waals surface area (Å²) < 4.78 is 12.1. The van der Waals surface area contributed by atoms with Crippen LogP contribution in [0.3, 0.4) is 0 Å². The Labute approximate surface area is 133 Å². The highest BCUT2D eigenvalue weighted by molar-refractivity contribution is 5.73. The number of benzene rings is 1. The third kappa shape index (κ3) is 4.08. The quantitative estimate of drug-likeness (QED) is 0.878. The molecule has 1 aromatic rings. The van der Waals surface area contributed by atoms with E-state index in [0.717, 1.165) is 12.0 Å². The Morgan fingerprint density at radius 1 is 1.36 bits per heavy atom. The molecule has 1 amide bonds. The number of carbonyl (C=O) groups excluding carboxylic acids is 1. The Morgan fingerprint density at radius 3 is 2.64 bits per heavy atom. The molecule has 1 N–H and O–H groups in total. The van der Waals surface area contributed by atoms with E-state index < -0.39 is 6.29 Å². The first-order chi connectivity index (χ1) is 10.5. The van der Waals surface area contributed by atoms with Crippen LogP contribution in [0.2, 0.25) is 0 Å². The number of amides is 1. The molecule has 4 nitrogen and oxygen atoms in total. The van der Waals surface area contributed by atoms with E-state index in [-0.39, 0.29) is 24.0 Å². The molecule has 1 aliphatic heterocycles. The first-order valence-electron chi connectivity index (χ1n) is 8.11. The van der Waals surface area contributed by atoms with Gasteiger partial charge >= 0.3 is 0 Å². The minimum absolute atomic E-state index is 0.0430. The summed E-state index contributed by atoms with van der Waals surface area (Å²) in [4.78, 5) is 11.5. The van der Waals surface area contributed by atoms with E-state index >= 15 is 0 Å². The van der Waals surface area contributed by atoms with E-state index in [0.29, 0.717) is 12.5 Å². The van der Waals surface area contributed by atoms with Gasteiger partial charge < -0.3 is 14.8 Å². The van der Waals surface area contributed by atoms with Crippen molar-refractivity contribution in [3.05, 3.63) is 35.9 Å². The van der Waals surface area contributed by atoms with E-state index in [9.17, 15) is 4.79 Å². The van der Waals surface area contributed by atoms with E-state index in [1.54, 1.807) is 0 Å². The average Bonchev–Trinajstić information content (AvgIpc) is 2.82. The highest BCUT2D eigenvalue weighted by Crippen LogP contribution is 2.33. The number of carbonyl (C=O) groups is 1. The van der Waals surface area contributed by atoms with Crippen molar-refractivity contribution in [1.82, 2.24) is 5.32 Å². The molecule has 22 heavy (non-hydrogen) atoms. The molecule has 0 aromatic heterocycles. The van der Waals surface area contributed by atoms with Crippen LogP contribution in [0.4, 0.5) is 0 Å². The molecule has 0 radical (unpaired) electrons. The van der Waals surface area contributed by atoms with Gasteiger partial charge in [0, 0.05) is 12.8 Å². The molecule has 1 heterocycles. The lowest BCUT2D eigenvalue weighted by atomic mass is 9.89. The van der Waals surface area contributed by atoms with Crippen LogP contribution in [0.1, 0.15) is 39.7 Å². The SMILES string of the molecule is CC[C@H](C)[C@H]1O[C@H](OCc2ccccc2)[C@H](NC(C)=O)C1C. The summed E-state index contributed by atoms with van der Waals surface area (Å²) >= 11 is 0. The molecule has 1 unspecified atom stereocenters. The summed E-state index contributed by atoms with van der Waals surface area (Å²) in [7, 11) is 0. The fourth-order valence-corrected chi connectivity index (χ4v) is 3.03. The number of ether oxygens (including phenoxy) is 2. The molecule has 5 atom stereocenters. The standard InChI is InChI=1S/C18H27NO3/c1-5-12(2)17-13(3)16(19-14(4)20)18(22-17)21-11-15-9-7-6-8-10-15/h6-10,12-13,16-18H,5,11H2,1-4H3,(H,19,20)/t12-,13?,16+,17+,18-/m0/s1. The van der Waals surface area contributed by atoms with Crippen molar-refractivity contribution in [3.63, 3.8) is 0 Å². The normalized spacial score (nSPS) is 29.3. The molecule has 2 rings (SSSR count). The lowest BCUT2D eigenvalue weighted by Gasteiger charge is -2.23. The van der Waals surface area contributed by atoms with Crippen molar-refractivity contribution in [3.8, 4) is 0 Å². The first-order valence-corrected chi connectivity index (χ1v) is 8.11. The van der Waals surface area contributed by atoms with Crippen LogP contribution in [-0.4, -0.2) is 24.3 Å². The zero-order valence-electron chi connectivity index (χ0n) is 13.9. The molecule has 0 spiro atoms. The third-order valence-electron chi connectivity index (χ3n) is 4.50. The fourth-order valence-electron chi connectivity index (χ4n) is 3.03. The second-order valence-electron chi connectivity index (χ2n) is 6.24. The number of rotatable bonds is 6. The van der Waals surface area contributed by atoms with Crippen molar-refractivity contribution in [2.75, 3.05) is 0 Å². The van der Waals surface area contributed by atoms with Crippen LogP contribution in [0.15, 0.2) is 30.3 Å². The maximum Gasteiger partial charge on any atom is 0.217 e. The molecule has 1 aliphatic rings. The molecule has 1 fully saturated rings. The molecule has 0 bridgehead atoms. The van der Waals surface area contributed by atoms with Crippen molar-refractivity contribution < 1.29 is 14.3 Å². The second-order valence-corrected chi connectivity index (χ2v) is 6.24. The summed E-state index contributed by atoms with van der Waals surface area (Å²) in [5.41, 5.74) is 1.10. The van der Waals surface area contributed by atoms with Gasteiger partial charge in [-0.2, -0.15) is 0 Å². The van der Waals surface area contributed by atoms with Crippen LogP contribution < -0.4 is 5.32 Å². The molecular formula is C18H27NO3. The van der Waals surface area contributed by atoms with E-state index in [1.165, 1.54) is 6.92 Å². The molecule has 0 saturated carbocycles. The Kier molecular flexibility index (Phi) is 5.98. The van der Waals surface area contributed by atoms with Crippen LogP contribution in [-0.2, 0) is 20.9 Å². The monoisotopic (exact) mass is 305 g/mol. The van der Waals surface area contributed by atoms with Crippen molar-refractivity contribution in [1.29, 1.82) is 0 Å². The highest BCUT2D eigenvalue weighted by atomic mass is 16.7. The Balaban J connectivity index is 2.04. The minimum Gasteiger partial charge on any atom is -0.348 e. The van der Waals surface area contributed by atoms with E-state index in [1.807, 2.05) is 30.3 Å². The zero-order valence-corrected chi connectivity index (χ0v) is 13.9. The summed E-state index contributed by atoms with van der Waals surface area (Å²) in [6.45, 7) is 8.50. The van der Waals surface area contributed by atoms with Crippen molar-refractivity contribution >= 4 is 5.91 Å². The van der Waals surface area contributed by atoms with E-state index in [4.69, 9.17) is 9.47 Å². The maximum absolute atomic E-state index is 11.5. The van der Waals surface area contributed by atoms with Gasteiger partial charge in [-0.15, -0.1) is 0 Å². The predicted octanol–water partition coefficient (Wildman–Crippen LogP) is 3.12. The van der Waals surface area contributed by atoms with Gasteiger partial charge in [-0.3, -0.25) is 4.79 Å². The van der Waals surface area contributed by atoms with Gasteiger partial charge in [-0.1, -0.05) is 57.5 Å². The van der Waals surface area contributed by atoms with Crippen LogP contribution in [0.5, 0.6) is 0 Å². The lowest BCUT2D eigenvalue weighted by molar-refractivity contribution is -0.159. The maximum atomic E-state index is 11.5. The third-order valence-corrected chi connectivity index (χ3v) is 4.50. The zero-order chi connectivity index (χ0) is 16.1. The van der Waals surface area contributed by atoms with Gasteiger partial charge in [0.15, 0.2) is 6.29 Å². The summed E-state index contributed by atoms with van der Waals surface area (Å²) in [5, 5.41) is 3.00. The summed E-state index contributed by atoms with van der Waals surface area (Å²) in [6.07, 6.45) is 0.772. The molecular weight excluding hydrogens is 278 g/mol. The molecule has 0 aliphatic carbocycles. The second kappa shape index (κ2) is 7.75. The lowest BCUT2D eigenvalue weighted by Crippen LogP contribution is -2.44. The summed E-state index contributed by atoms with van der Waals surface area (Å²) in [5.74, 6) is 0.634. The van der Waals surface area contributed by atoms with Gasteiger partial charge in [0.2, 0.25) is 5.91 Å². The van der Waals surface area contributed by atoms with Gasteiger partial charge in [-0.25, -0.2) is 0 Å². The summed E-state index contributed by atoms with van der Waals surface area (Å²) in [6, 6.07) is 9.92. The molecule has 1 aromatic carbocycles. The number of hydrogen-bond donors (Lipinski definition) is 1. The van der Waals surface area contributed by atoms with Gasteiger partial charge in [0.1, 0.15) is 0 Å². The fraction of sp³-hybridized carbons (Fsp3) is 0.611.